The van der Waals surface area contributed by atoms with Crippen molar-refractivity contribution in [2.24, 2.45) is 0 Å². The summed E-state index contributed by atoms with van der Waals surface area (Å²) in [5, 5.41) is 31.1. The molecule has 1 aliphatic heterocycles. The predicted molar refractivity (Wildman–Crippen MR) is 190 cm³/mol. The van der Waals surface area contributed by atoms with Crippen LogP contribution in [0.3, 0.4) is 0 Å². The first kappa shape index (κ1) is 44.8. The predicted octanol–water partition coefficient (Wildman–Crippen LogP) is 5.24. The Balaban J connectivity index is 0.000000494. The minimum atomic E-state index is -5.08. The number of aromatic amines is 1. The summed E-state index contributed by atoms with van der Waals surface area (Å²) in [4.78, 5) is 47.3. The van der Waals surface area contributed by atoms with Crippen LogP contribution in [0.2, 0.25) is 0 Å². The molecular weight excluding hydrogens is 766 g/mol. The van der Waals surface area contributed by atoms with Gasteiger partial charge in [-0.05, 0) is 61.6 Å². The molecule has 2 aliphatic rings. The topological polar surface area (TPSA) is 191 Å². The standard InChI is InChI=1S/C31H42N4O5S.2C2HF3O2/c36-25-9-8-23(30-29(25)34-31(38)41-30)11-14-32-15-18-35(17-13-28(37)33-24-5-3-1-2-4-6-24)16-12-22-7-10-26-27(21-22)40-20-19-39-26;2*3-2(4,5)1(6)7/h7-10,21,24,32,36H,1-6,11-20H2,(H,33,37)(H,34,38);2*(H,6,7). The SMILES string of the molecule is O=C(CCN(CCNCCc1ccc(O)c2[nH]c(=O)sc12)CCc1ccc2c(c1)OCCO2)NC1CCCCCC1.O=C(O)C(F)(F)F.O=C(O)C(F)(F)F. The minimum Gasteiger partial charge on any atom is -0.506 e. The summed E-state index contributed by atoms with van der Waals surface area (Å²) < 4.78 is 75.7. The number of amides is 1. The highest BCUT2D eigenvalue weighted by Gasteiger charge is 2.39. The molecule has 55 heavy (non-hydrogen) atoms. The number of aliphatic carboxylic acids is 2. The van der Waals surface area contributed by atoms with E-state index in [2.05, 4.69) is 32.7 Å². The van der Waals surface area contributed by atoms with Gasteiger partial charge in [-0.15, -0.1) is 0 Å². The van der Waals surface area contributed by atoms with Gasteiger partial charge in [0.1, 0.15) is 24.5 Å². The largest absolute Gasteiger partial charge is 0.506 e. The molecule has 1 fully saturated rings. The van der Waals surface area contributed by atoms with Gasteiger partial charge in [0.15, 0.2) is 11.5 Å². The van der Waals surface area contributed by atoms with Gasteiger partial charge in [0.2, 0.25) is 5.91 Å². The molecule has 2 heterocycles. The number of fused-ring (bicyclic) bond motifs is 2. The molecule has 2 aromatic carbocycles. The summed E-state index contributed by atoms with van der Waals surface area (Å²) in [6.45, 7) is 5.07. The monoisotopic (exact) mass is 810 g/mol. The summed E-state index contributed by atoms with van der Waals surface area (Å²) in [6.07, 6.45) is -0.910. The van der Waals surface area contributed by atoms with Crippen molar-refractivity contribution in [2.45, 2.75) is 76.2 Å². The third-order valence-corrected chi connectivity index (χ3v) is 9.46. The maximum Gasteiger partial charge on any atom is 0.490 e. The number of carbonyl (C=O) groups is 3. The second-order valence-electron chi connectivity index (χ2n) is 12.6. The van der Waals surface area contributed by atoms with Crippen LogP contribution in [0.5, 0.6) is 17.2 Å². The smallest absolute Gasteiger partial charge is 0.490 e. The van der Waals surface area contributed by atoms with E-state index in [1.165, 1.54) is 31.2 Å². The number of ether oxygens (including phenoxy) is 2. The van der Waals surface area contributed by atoms with Gasteiger partial charge in [0, 0.05) is 38.6 Å². The molecule has 0 atom stereocenters. The van der Waals surface area contributed by atoms with E-state index in [1.54, 1.807) is 6.07 Å². The van der Waals surface area contributed by atoms with Crippen LogP contribution in [0.1, 0.15) is 56.1 Å². The average molecular weight is 811 g/mol. The second kappa shape index (κ2) is 21.5. The molecule has 1 aliphatic carbocycles. The molecule has 5 rings (SSSR count). The zero-order valence-electron chi connectivity index (χ0n) is 29.7. The van der Waals surface area contributed by atoms with E-state index >= 15 is 0 Å². The molecule has 0 spiro atoms. The number of aromatic nitrogens is 1. The molecule has 0 saturated heterocycles. The molecule has 0 bridgehead atoms. The van der Waals surface area contributed by atoms with Crippen LogP contribution in [-0.2, 0) is 27.2 Å². The Morgan fingerprint density at radius 2 is 1.45 bits per heavy atom. The van der Waals surface area contributed by atoms with E-state index < -0.39 is 24.3 Å². The normalized spacial score (nSPS) is 14.6. The van der Waals surface area contributed by atoms with Crippen molar-refractivity contribution < 1.29 is 65.5 Å². The van der Waals surface area contributed by atoms with Crippen molar-refractivity contribution in [2.75, 3.05) is 45.9 Å². The Morgan fingerprint density at radius 3 is 2.07 bits per heavy atom. The molecule has 306 valence electrons. The number of phenolic OH excluding ortho intramolecular Hbond substituents is 1. The number of hydrogen-bond donors (Lipinski definition) is 6. The quantitative estimate of drug-likeness (QED) is 0.0753. The number of halogens is 6. The maximum atomic E-state index is 12.8. The molecular formula is C35H44F6N4O9S. The van der Waals surface area contributed by atoms with Crippen LogP contribution in [0.15, 0.2) is 35.1 Å². The summed E-state index contributed by atoms with van der Waals surface area (Å²) in [7, 11) is 0. The molecule has 0 unspecified atom stereocenters. The van der Waals surface area contributed by atoms with Gasteiger partial charge >= 0.3 is 29.2 Å². The van der Waals surface area contributed by atoms with Crippen molar-refractivity contribution in [1.82, 2.24) is 20.5 Å². The molecule has 1 saturated carbocycles. The van der Waals surface area contributed by atoms with Gasteiger partial charge in [-0.25, -0.2) is 9.59 Å². The van der Waals surface area contributed by atoms with Gasteiger partial charge in [0.05, 0.1) is 4.70 Å². The van der Waals surface area contributed by atoms with Crippen molar-refractivity contribution in [1.29, 1.82) is 0 Å². The summed E-state index contributed by atoms with van der Waals surface area (Å²) in [5.41, 5.74) is 2.75. The Bertz CT molecular complexity index is 1730. The molecule has 6 N–H and O–H groups in total. The number of carboxylic acid groups (broad SMARTS) is 2. The number of benzene rings is 2. The van der Waals surface area contributed by atoms with Crippen molar-refractivity contribution in [3.05, 3.63) is 51.1 Å². The summed E-state index contributed by atoms with van der Waals surface area (Å²) in [6, 6.07) is 9.99. The third kappa shape index (κ3) is 16.0. The summed E-state index contributed by atoms with van der Waals surface area (Å²) >= 11 is 1.14. The van der Waals surface area contributed by atoms with E-state index in [4.69, 9.17) is 29.3 Å². The van der Waals surface area contributed by atoms with Gasteiger partial charge in [-0.2, -0.15) is 26.3 Å². The minimum absolute atomic E-state index is 0.104. The lowest BCUT2D eigenvalue weighted by Gasteiger charge is -2.24. The van der Waals surface area contributed by atoms with Gasteiger partial charge in [-0.3, -0.25) is 9.59 Å². The number of carboxylic acids is 2. The number of nitrogens with one attached hydrogen (secondary N) is 3. The number of phenols is 1. The molecule has 0 radical (unpaired) electrons. The zero-order chi connectivity index (χ0) is 40.6. The Labute approximate surface area is 315 Å². The maximum absolute atomic E-state index is 12.8. The number of thiazole rings is 1. The van der Waals surface area contributed by atoms with Crippen LogP contribution in [0, 0.1) is 0 Å². The molecule has 1 aromatic heterocycles. The number of nitrogens with zero attached hydrogens (tertiary/aromatic N) is 1. The fraction of sp³-hybridized carbons (Fsp3) is 0.543. The fourth-order valence-corrected chi connectivity index (χ4v) is 6.60. The zero-order valence-corrected chi connectivity index (χ0v) is 30.5. The average Bonchev–Trinajstić information content (AvgIpc) is 3.35. The highest BCUT2D eigenvalue weighted by molar-refractivity contribution is 7.16. The Kier molecular flexibility index (Phi) is 17.5. The number of hydrogen-bond acceptors (Lipinski definition) is 10. The number of aromatic hydroxyl groups is 1. The number of carbonyl (C=O) groups excluding carboxylic acids is 1. The molecule has 1 amide bonds. The van der Waals surface area contributed by atoms with E-state index in [9.17, 15) is 41.0 Å². The highest BCUT2D eigenvalue weighted by Crippen LogP contribution is 2.31. The first-order chi connectivity index (χ1) is 25.9. The van der Waals surface area contributed by atoms with Crippen LogP contribution in [0.4, 0.5) is 26.3 Å². The third-order valence-electron chi connectivity index (χ3n) is 8.50. The van der Waals surface area contributed by atoms with Crippen LogP contribution in [0.25, 0.3) is 10.2 Å². The lowest BCUT2D eigenvalue weighted by atomic mass is 10.1. The lowest BCUT2D eigenvalue weighted by molar-refractivity contribution is -0.193. The molecule has 3 aromatic rings. The Morgan fingerprint density at radius 1 is 0.836 bits per heavy atom. The fourth-order valence-electron chi connectivity index (χ4n) is 5.70. The number of alkyl halides is 6. The Hall–Kier alpha value is -4.56. The number of H-pyrrole nitrogens is 1. The van der Waals surface area contributed by atoms with E-state index in [0.29, 0.717) is 37.7 Å². The first-order valence-electron chi connectivity index (χ1n) is 17.5. The molecule has 20 heteroatoms. The second-order valence-corrected chi connectivity index (χ2v) is 13.6. The van der Waals surface area contributed by atoms with Crippen LogP contribution >= 0.6 is 11.3 Å². The van der Waals surface area contributed by atoms with Crippen molar-refractivity contribution in [3.63, 3.8) is 0 Å². The highest BCUT2D eigenvalue weighted by atomic mass is 32.1. The van der Waals surface area contributed by atoms with Crippen molar-refractivity contribution >= 4 is 39.4 Å². The summed E-state index contributed by atoms with van der Waals surface area (Å²) in [5.74, 6) is -3.66. The van der Waals surface area contributed by atoms with Crippen LogP contribution in [-0.4, -0.2) is 107 Å². The lowest BCUT2D eigenvalue weighted by Crippen LogP contribution is -2.39. The van der Waals surface area contributed by atoms with Crippen LogP contribution < -0.4 is 25.0 Å². The van der Waals surface area contributed by atoms with E-state index in [0.717, 1.165) is 85.0 Å². The van der Waals surface area contributed by atoms with E-state index in [-0.39, 0.29) is 16.5 Å². The van der Waals surface area contributed by atoms with Crippen molar-refractivity contribution in [3.8, 4) is 17.2 Å². The van der Waals surface area contributed by atoms with E-state index in [1.807, 2.05) is 12.1 Å². The molecule has 13 nitrogen and oxygen atoms in total. The van der Waals surface area contributed by atoms with Gasteiger partial charge < -0.3 is 45.3 Å². The van der Waals surface area contributed by atoms with Gasteiger partial charge in [-0.1, -0.05) is 49.2 Å². The van der Waals surface area contributed by atoms with Gasteiger partial charge in [0.25, 0.3) is 0 Å². The number of rotatable bonds is 13. The first-order valence-corrected chi connectivity index (χ1v) is 18.3.